The maximum atomic E-state index is 12.6. The normalized spacial score (nSPS) is 18.7. The van der Waals surface area contributed by atoms with Crippen LogP contribution in [0.4, 0.5) is 5.95 Å². The van der Waals surface area contributed by atoms with Crippen LogP contribution in [-0.4, -0.2) is 96.6 Å². The number of hydrogen-bond acceptors (Lipinski definition) is 6. The van der Waals surface area contributed by atoms with E-state index >= 15 is 0 Å². The first-order valence-corrected chi connectivity index (χ1v) is 11.5. The van der Waals surface area contributed by atoms with Gasteiger partial charge in [-0.3, -0.25) is 14.7 Å². The molecule has 0 spiro atoms. The van der Waals surface area contributed by atoms with Crippen LogP contribution in [0, 0.1) is 0 Å². The van der Waals surface area contributed by atoms with Gasteiger partial charge < -0.3 is 20.4 Å². The zero-order valence-electron chi connectivity index (χ0n) is 19.3. The third-order valence-corrected chi connectivity index (χ3v) is 6.22. The van der Waals surface area contributed by atoms with Gasteiger partial charge in [-0.05, 0) is 45.8 Å². The second-order valence-electron chi connectivity index (χ2n) is 8.88. The lowest BCUT2D eigenvalue weighted by atomic mass is 9.98. The molecule has 1 aromatic rings. The predicted octanol–water partition coefficient (Wildman–Crippen LogP) is 0.945. The highest BCUT2D eigenvalue weighted by molar-refractivity contribution is 5.81. The second kappa shape index (κ2) is 11.3. The van der Waals surface area contributed by atoms with Crippen LogP contribution in [0.1, 0.15) is 39.5 Å². The summed E-state index contributed by atoms with van der Waals surface area (Å²) >= 11 is 0. The smallest absolute Gasteiger partial charge is 0.225 e. The molecule has 9 nitrogen and oxygen atoms in total. The van der Waals surface area contributed by atoms with E-state index in [9.17, 15) is 4.79 Å². The summed E-state index contributed by atoms with van der Waals surface area (Å²) in [5.74, 6) is 1.66. The Morgan fingerprint density at radius 3 is 2.35 bits per heavy atom. The largest absolute Gasteiger partial charge is 0.356 e. The average molecular weight is 431 g/mol. The lowest BCUT2D eigenvalue weighted by molar-refractivity contribution is -0.131. The third-order valence-electron chi connectivity index (χ3n) is 6.22. The molecule has 0 radical (unpaired) electrons. The van der Waals surface area contributed by atoms with Crippen molar-refractivity contribution in [3.05, 3.63) is 18.5 Å². The molecule has 2 aliphatic heterocycles. The number of amides is 1. The van der Waals surface area contributed by atoms with Gasteiger partial charge in [0.25, 0.3) is 0 Å². The van der Waals surface area contributed by atoms with Crippen molar-refractivity contribution in [2.45, 2.75) is 45.1 Å². The van der Waals surface area contributed by atoms with Crippen LogP contribution in [0.25, 0.3) is 0 Å². The molecule has 0 aromatic carbocycles. The SMILES string of the molecule is CN=C(NCCC(=O)N1CCN(c2ncccn2)CC1)NCC(C)(C)N1CCCCC1. The minimum absolute atomic E-state index is 0.0794. The van der Waals surface area contributed by atoms with E-state index in [2.05, 4.69) is 49.2 Å². The van der Waals surface area contributed by atoms with Crippen molar-refractivity contribution in [2.24, 2.45) is 4.99 Å². The first-order valence-electron chi connectivity index (χ1n) is 11.5. The number of carbonyl (C=O) groups is 1. The fourth-order valence-electron chi connectivity index (χ4n) is 4.19. The molecule has 0 atom stereocenters. The van der Waals surface area contributed by atoms with Gasteiger partial charge in [0.1, 0.15) is 0 Å². The maximum Gasteiger partial charge on any atom is 0.225 e. The molecular formula is C22H38N8O. The van der Waals surface area contributed by atoms with Gasteiger partial charge in [0.05, 0.1) is 0 Å². The van der Waals surface area contributed by atoms with E-state index in [1.165, 1.54) is 32.4 Å². The summed E-state index contributed by atoms with van der Waals surface area (Å²) in [6.07, 6.45) is 7.86. The van der Waals surface area contributed by atoms with Crippen molar-refractivity contribution in [1.82, 2.24) is 30.4 Å². The molecule has 3 rings (SSSR count). The number of nitrogens with zero attached hydrogens (tertiary/aromatic N) is 6. The molecule has 3 heterocycles. The second-order valence-corrected chi connectivity index (χ2v) is 8.88. The molecule has 1 aromatic heterocycles. The standard InChI is InChI=1S/C22H38N8O/c1-22(2,30-12-5-4-6-13-30)18-27-20(23-3)24-11-8-19(31)28-14-16-29(17-15-28)21-25-9-7-10-26-21/h7,9-10H,4-6,8,11-18H2,1-3H3,(H2,23,24,27). The lowest BCUT2D eigenvalue weighted by Crippen LogP contribution is -2.55. The molecular weight excluding hydrogens is 392 g/mol. The number of carbonyl (C=O) groups excluding carboxylic acids is 1. The third kappa shape index (κ3) is 6.78. The Hall–Kier alpha value is -2.42. The predicted molar refractivity (Wildman–Crippen MR) is 124 cm³/mol. The minimum Gasteiger partial charge on any atom is -0.356 e. The number of hydrogen-bond donors (Lipinski definition) is 2. The van der Waals surface area contributed by atoms with Gasteiger partial charge in [-0.15, -0.1) is 0 Å². The number of anilines is 1. The minimum atomic E-state index is 0.0794. The summed E-state index contributed by atoms with van der Waals surface area (Å²) < 4.78 is 0. The van der Waals surface area contributed by atoms with Gasteiger partial charge in [0, 0.05) is 70.7 Å². The van der Waals surface area contributed by atoms with Gasteiger partial charge in [-0.2, -0.15) is 0 Å². The van der Waals surface area contributed by atoms with Crippen molar-refractivity contribution >= 4 is 17.8 Å². The van der Waals surface area contributed by atoms with E-state index in [4.69, 9.17) is 0 Å². The molecule has 2 fully saturated rings. The summed E-state index contributed by atoms with van der Waals surface area (Å²) in [4.78, 5) is 32.1. The molecule has 0 unspecified atom stereocenters. The number of nitrogens with one attached hydrogen (secondary N) is 2. The Morgan fingerprint density at radius 2 is 1.71 bits per heavy atom. The van der Waals surface area contributed by atoms with E-state index in [1.54, 1.807) is 19.4 Å². The number of rotatable bonds is 7. The summed E-state index contributed by atoms with van der Waals surface area (Å²) in [6.45, 7) is 11.2. The summed E-state index contributed by atoms with van der Waals surface area (Å²) in [7, 11) is 1.77. The quantitative estimate of drug-likeness (QED) is 0.492. The van der Waals surface area contributed by atoms with Crippen LogP contribution < -0.4 is 15.5 Å². The highest BCUT2D eigenvalue weighted by Crippen LogP contribution is 2.19. The van der Waals surface area contributed by atoms with Crippen molar-refractivity contribution in [3.63, 3.8) is 0 Å². The Balaban J connectivity index is 1.35. The lowest BCUT2D eigenvalue weighted by Gasteiger charge is -2.41. The molecule has 0 saturated carbocycles. The van der Waals surface area contributed by atoms with Crippen LogP contribution >= 0.6 is 0 Å². The maximum absolute atomic E-state index is 12.6. The number of likely N-dealkylation sites (tertiary alicyclic amines) is 1. The van der Waals surface area contributed by atoms with Crippen LogP contribution in [0.3, 0.4) is 0 Å². The van der Waals surface area contributed by atoms with E-state index in [0.29, 0.717) is 26.1 Å². The fourth-order valence-corrected chi connectivity index (χ4v) is 4.19. The van der Waals surface area contributed by atoms with E-state index in [1.807, 2.05) is 11.0 Å². The molecule has 2 N–H and O–H groups in total. The van der Waals surface area contributed by atoms with Crippen molar-refractivity contribution in [2.75, 3.05) is 64.3 Å². The molecule has 1 amide bonds. The van der Waals surface area contributed by atoms with Gasteiger partial charge in [-0.1, -0.05) is 6.42 Å². The molecule has 31 heavy (non-hydrogen) atoms. The molecule has 9 heteroatoms. The number of guanidine groups is 1. The summed E-state index contributed by atoms with van der Waals surface area (Å²) in [5, 5.41) is 6.73. The summed E-state index contributed by atoms with van der Waals surface area (Å²) in [6, 6.07) is 1.81. The van der Waals surface area contributed by atoms with Crippen LogP contribution in [0.2, 0.25) is 0 Å². The van der Waals surface area contributed by atoms with Gasteiger partial charge in [-0.25, -0.2) is 9.97 Å². The van der Waals surface area contributed by atoms with Crippen LogP contribution in [0.15, 0.2) is 23.5 Å². The van der Waals surface area contributed by atoms with Crippen molar-refractivity contribution in [1.29, 1.82) is 0 Å². The zero-order chi connectivity index (χ0) is 22.1. The number of piperazine rings is 1. The topological polar surface area (TPSA) is 89.0 Å². The van der Waals surface area contributed by atoms with Crippen molar-refractivity contribution in [3.8, 4) is 0 Å². The number of piperidine rings is 1. The Kier molecular flexibility index (Phi) is 8.45. The Morgan fingerprint density at radius 1 is 1.03 bits per heavy atom. The molecule has 2 aliphatic rings. The van der Waals surface area contributed by atoms with Crippen LogP contribution in [0.5, 0.6) is 0 Å². The van der Waals surface area contributed by atoms with E-state index < -0.39 is 0 Å². The molecule has 0 bridgehead atoms. The fraction of sp³-hybridized carbons (Fsp3) is 0.727. The molecule has 172 valence electrons. The monoisotopic (exact) mass is 430 g/mol. The van der Waals surface area contributed by atoms with Crippen LogP contribution in [-0.2, 0) is 4.79 Å². The highest BCUT2D eigenvalue weighted by atomic mass is 16.2. The zero-order valence-corrected chi connectivity index (χ0v) is 19.3. The van der Waals surface area contributed by atoms with E-state index in [-0.39, 0.29) is 11.4 Å². The highest BCUT2D eigenvalue weighted by Gasteiger charge is 2.28. The summed E-state index contributed by atoms with van der Waals surface area (Å²) in [5.41, 5.74) is 0.0794. The number of aromatic nitrogens is 2. The van der Waals surface area contributed by atoms with Gasteiger partial charge >= 0.3 is 0 Å². The molecule has 2 saturated heterocycles. The van der Waals surface area contributed by atoms with E-state index in [0.717, 1.165) is 31.5 Å². The van der Waals surface area contributed by atoms with Gasteiger partial charge in [0.2, 0.25) is 11.9 Å². The van der Waals surface area contributed by atoms with Gasteiger partial charge in [0.15, 0.2) is 5.96 Å². The average Bonchev–Trinajstić information content (AvgIpc) is 2.82. The first kappa shape index (κ1) is 23.2. The van der Waals surface area contributed by atoms with Crippen molar-refractivity contribution < 1.29 is 4.79 Å². The Bertz CT molecular complexity index is 709. The Labute approximate surface area is 186 Å². The first-order chi connectivity index (χ1) is 15.0. The number of aliphatic imine (C=N–C) groups is 1. The molecule has 0 aliphatic carbocycles.